The minimum Gasteiger partial charge on any atom is -0.478 e. The van der Waals surface area contributed by atoms with Crippen LogP contribution in [0.4, 0.5) is 18.9 Å². The van der Waals surface area contributed by atoms with E-state index < -0.39 is 28.7 Å². The highest BCUT2D eigenvalue weighted by Crippen LogP contribution is 2.30. The van der Waals surface area contributed by atoms with Crippen molar-refractivity contribution in [2.75, 3.05) is 0 Å². The summed E-state index contributed by atoms with van der Waals surface area (Å²) in [5.74, 6) is -1.91. The van der Waals surface area contributed by atoms with Gasteiger partial charge in [0.05, 0.1) is 10.5 Å². The van der Waals surface area contributed by atoms with Crippen molar-refractivity contribution in [1.29, 1.82) is 0 Å². The lowest BCUT2D eigenvalue weighted by atomic mass is 10.0. The number of benzene rings is 2. The average Bonchev–Trinajstić information content (AvgIpc) is 2.45. The Labute approximate surface area is 126 Å². The van der Waals surface area contributed by atoms with E-state index in [9.17, 15) is 28.1 Å². The van der Waals surface area contributed by atoms with Gasteiger partial charge in [0.2, 0.25) is 0 Å². The van der Waals surface area contributed by atoms with Gasteiger partial charge >= 0.3 is 12.3 Å². The van der Waals surface area contributed by atoms with Gasteiger partial charge in [-0.25, -0.2) is 4.79 Å². The number of carboxylic acids is 1. The molecule has 0 heterocycles. The summed E-state index contributed by atoms with van der Waals surface area (Å²) < 4.78 is 40.4. The molecule has 0 amide bonds. The summed E-state index contributed by atoms with van der Waals surface area (Å²) in [6, 6.07) is 7.78. The van der Waals surface area contributed by atoms with Crippen LogP contribution in [0.5, 0.6) is 5.75 Å². The molecular formula is C14H8F3NO5. The van der Waals surface area contributed by atoms with Crippen molar-refractivity contribution in [2.24, 2.45) is 0 Å². The van der Waals surface area contributed by atoms with Crippen molar-refractivity contribution in [2.45, 2.75) is 6.36 Å². The average molecular weight is 327 g/mol. The number of aromatic carboxylic acids is 1. The molecule has 0 radical (unpaired) electrons. The standard InChI is InChI=1S/C14H8F3NO5/c15-14(16,17)23-12-3-1-2-8(7-12)9-4-10(13(19)20)6-11(5-9)18(21)22/h1-7H,(H,19,20). The molecule has 0 fully saturated rings. The zero-order valence-electron chi connectivity index (χ0n) is 11.2. The molecule has 0 unspecified atom stereocenters. The number of nitrogens with zero attached hydrogens (tertiary/aromatic N) is 1. The summed E-state index contributed by atoms with van der Waals surface area (Å²) in [5, 5.41) is 19.8. The quantitative estimate of drug-likeness (QED) is 0.680. The predicted molar refractivity (Wildman–Crippen MR) is 72.2 cm³/mol. The zero-order valence-corrected chi connectivity index (χ0v) is 11.2. The van der Waals surface area contributed by atoms with E-state index in [1.807, 2.05) is 0 Å². The van der Waals surface area contributed by atoms with E-state index in [1.54, 1.807) is 0 Å². The Morgan fingerprint density at radius 3 is 2.39 bits per heavy atom. The van der Waals surface area contributed by atoms with Crippen LogP contribution in [0, 0.1) is 10.1 Å². The molecular weight excluding hydrogens is 319 g/mol. The molecule has 9 heteroatoms. The molecule has 120 valence electrons. The number of hydrogen-bond donors (Lipinski definition) is 1. The summed E-state index contributed by atoms with van der Waals surface area (Å²) >= 11 is 0. The fourth-order valence-electron chi connectivity index (χ4n) is 1.88. The van der Waals surface area contributed by atoms with E-state index in [0.29, 0.717) is 0 Å². The molecule has 2 aromatic rings. The minimum absolute atomic E-state index is 0.0872. The van der Waals surface area contributed by atoms with Crippen LogP contribution in [0.2, 0.25) is 0 Å². The van der Waals surface area contributed by atoms with E-state index in [2.05, 4.69) is 4.74 Å². The monoisotopic (exact) mass is 327 g/mol. The first-order valence-electron chi connectivity index (χ1n) is 6.05. The van der Waals surface area contributed by atoms with Crippen molar-refractivity contribution in [3.63, 3.8) is 0 Å². The van der Waals surface area contributed by atoms with Crippen LogP contribution in [-0.4, -0.2) is 22.4 Å². The maximum atomic E-state index is 12.2. The largest absolute Gasteiger partial charge is 0.573 e. The zero-order chi connectivity index (χ0) is 17.2. The summed E-state index contributed by atoms with van der Waals surface area (Å²) in [6.45, 7) is 0. The predicted octanol–water partition coefficient (Wildman–Crippen LogP) is 3.86. The molecule has 0 saturated heterocycles. The first-order valence-corrected chi connectivity index (χ1v) is 6.05. The van der Waals surface area contributed by atoms with Gasteiger partial charge in [-0.15, -0.1) is 13.2 Å². The molecule has 0 aliphatic carbocycles. The second-order valence-corrected chi connectivity index (χ2v) is 4.41. The van der Waals surface area contributed by atoms with Gasteiger partial charge in [-0.2, -0.15) is 0 Å². The number of ether oxygens (including phenoxy) is 1. The third-order valence-corrected chi connectivity index (χ3v) is 2.78. The van der Waals surface area contributed by atoms with E-state index >= 15 is 0 Å². The lowest BCUT2D eigenvalue weighted by Gasteiger charge is -2.10. The summed E-state index contributed by atoms with van der Waals surface area (Å²) in [4.78, 5) is 21.1. The molecule has 0 saturated carbocycles. The van der Waals surface area contributed by atoms with Crippen molar-refractivity contribution in [3.05, 3.63) is 58.1 Å². The second-order valence-electron chi connectivity index (χ2n) is 4.41. The Balaban J connectivity index is 2.51. The van der Waals surface area contributed by atoms with Crippen LogP contribution >= 0.6 is 0 Å². The number of non-ortho nitro benzene ring substituents is 1. The van der Waals surface area contributed by atoms with Crippen molar-refractivity contribution < 1.29 is 32.7 Å². The summed E-state index contributed by atoms with van der Waals surface area (Å²) in [5.41, 5.74) is -0.597. The van der Waals surface area contributed by atoms with Gasteiger partial charge in [-0.1, -0.05) is 12.1 Å². The van der Waals surface area contributed by atoms with E-state index in [4.69, 9.17) is 5.11 Å². The molecule has 0 spiro atoms. The van der Waals surface area contributed by atoms with Crippen molar-refractivity contribution in [1.82, 2.24) is 0 Å². The van der Waals surface area contributed by atoms with Crippen LogP contribution in [0.1, 0.15) is 10.4 Å². The second kappa shape index (κ2) is 5.95. The maximum Gasteiger partial charge on any atom is 0.573 e. The van der Waals surface area contributed by atoms with E-state index in [0.717, 1.165) is 30.3 Å². The molecule has 0 atom stereocenters. The van der Waals surface area contributed by atoms with Gasteiger partial charge in [-0.3, -0.25) is 10.1 Å². The summed E-state index contributed by atoms with van der Waals surface area (Å²) in [6.07, 6.45) is -4.88. The van der Waals surface area contributed by atoms with Crippen LogP contribution in [0.25, 0.3) is 11.1 Å². The molecule has 6 nitrogen and oxygen atoms in total. The third-order valence-electron chi connectivity index (χ3n) is 2.78. The molecule has 0 aliphatic rings. The number of alkyl halides is 3. The number of carboxylic acid groups (broad SMARTS) is 1. The van der Waals surface area contributed by atoms with Crippen LogP contribution in [-0.2, 0) is 0 Å². The third kappa shape index (κ3) is 4.19. The normalized spacial score (nSPS) is 11.1. The minimum atomic E-state index is -4.88. The highest BCUT2D eigenvalue weighted by atomic mass is 19.4. The van der Waals surface area contributed by atoms with Gasteiger partial charge in [0.25, 0.3) is 5.69 Å². The first kappa shape index (κ1) is 16.3. The van der Waals surface area contributed by atoms with Crippen molar-refractivity contribution >= 4 is 11.7 Å². The maximum absolute atomic E-state index is 12.2. The Morgan fingerprint density at radius 2 is 1.83 bits per heavy atom. The number of nitro groups is 1. The van der Waals surface area contributed by atoms with Crippen LogP contribution in [0.15, 0.2) is 42.5 Å². The van der Waals surface area contributed by atoms with Gasteiger partial charge in [0.1, 0.15) is 5.75 Å². The Kier molecular flexibility index (Phi) is 4.21. The topological polar surface area (TPSA) is 89.7 Å². The smallest absolute Gasteiger partial charge is 0.478 e. The molecule has 0 aliphatic heterocycles. The first-order chi connectivity index (χ1) is 10.7. The number of halogens is 3. The van der Waals surface area contributed by atoms with Gasteiger partial charge in [0, 0.05) is 12.1 Å². The van der Waals surface area contributed by atoms with E-state index in [-0.39, 0.29) is 16.7 Å². The highest BCUT2D eigenvalue weighted by Gasteiger charge is 2.31. The van der Waals surface area contributed by atoms with Gasteiger partial charge in [0.15, 0.2) is 0 Å². The Morgan fingerprint density at radius 1 is 1.13 bits per heavy atom. The molecule has 2 rings (SSSR count). The molecule has 2 aromatic carbocycles. The summed E-state index contributed by atoms with van der Waals surface area (Å²) in [7, 11) is 0. The fourth-order valence-corrected chi connectivity index (χ4v) is 1.88. The Hall–Kier alpha value is -3.10. The number of rotatable bonds is 4. The van der Waals surface area contributed by atoms with E-state index in [1.165, 1.54) is 12.1 Å². The molecule has 1 N–H and O–H groups in total. The molecule has 23 heavy (non-hydrogen) atoms. The highest BCUT2D eigenvalue weighted by molar-refractivity contribution is 5.90. The van der Waals surface area contributed by atoms with Gasteiger partial charge in [-0.05, 0) is 29.3 Å². The molecule has 0 bridgehead atoms. The van der Waals surface area contributed by atoms with Crippen LogP contribution in [0.3, 0.4) is 0 Å². The lowest BCUT2D eigenvalue weighted by molar-refractivity contribution is -0.384. The lowest BCUT2D eigenvalue weighted by Crippen LogP contribution is -2.17. The number of hydrogen-bond acceptors (Lipinski definition) is 4. The number of carbonyl (C=O) groups is 1. The van der Waals surface area contributed by atoms with Crippen molar-refractivity contribution in [3.8, 4) is 16.9 Å². The molecule has 0 aromatic heterocycles. The van der Waals surface area contributed by atoms with Crippen LogP contribution < -0.4 is 4.74 Å². The SMILES string of the molecule is O=C(O)c1cc(-c2cccc(OC(F)(F)F)c2)cc([N+](=O)[O-])c1. The number of nitro benzene ring substituents is 1. The van der Waals surface area contributed by atoms with Gasteiger partial charge < -0.3 is 9.84 Å². The Bertz CT molecular complexity index is 741. The fraction of sp³-hybridized carbons (Fsp3) is 0.0714.